The maximum absolute atomic E-state index is 10.6. The van der Waals surface area contributed by atoms with Crippen molar-refractivity contribution >= 4 is 58.8 Å². The molecule has 5 nitrogen and oxygen atoms in total. The van der Waals surface area contributed by atoms with E-state index < -0.39 is 0 Å². The number of phenolic OH excluding ortho intramolecular Hbond substituents is 1. The summed E-state index contributed by atoms with van der Waals surface area (Å²) >= 11 is 8.67. The van der Waals surface area contributed by atoms with E-state index in [1.165, 1.54) is 0 Å². The highest BCUT2D eigenvalue weighted by molar-refractivity contribution is 7.80. The van der Waals surface area contributed by atoms with E-state index in [0.29, 0.717) is 31.9 Å². The third kappa shape index (κ3) is 2.88. The number of rotatable bonds is 2. The number of benzene rings is 3. The van der Waals surface area contributed by atoms with Gasteiger partial charge in [0.2, 0.25) is 0 Å². The average molecular weight is 356 g/mol. The van der Waals surface area contributed by atoms with Gasteiger partial charge in [0, 0.05) is 9.79 Å². The number of hydrogen-bond donors (Lipinski definition) is 5. The fourth-order valence-electron chi connectivity index (χ4n) is 2.38. The number of fused-ring (bicyclic) bond motifs is 1. The largest absolute Gasteiger partial charge is 0.505 e. The zero-order valence-corrected chi connectivity index (χ0v) is 14.6. The number of aryl methyl sites for hydroxylation is 1. The molecule has 0 aromatic heterocycles. The minimum Gasteiger partial charge on any atom is -0.505 e. The molecule has 7 heteroatoms. The lowest BCUT2D eigenvalue weighted by Crippen LogP contribution is -1.97. The van der Waals surface area contributed by atoms with E-state index in [4.69, 9.17) is 11.5 Å². The molecule has 24 heavy (non-hydrogen) atoms. The quantitative estimate of drug-likeness (QED) is 0.254. The molecule has 0 saturated heterocycles. The highest BCUT2D eigenvalue weighted by Gasteiger charge is 2.16. The Morgan fingerprint density at radius 2 is 1.54 bits per heavy atom. The van der Waals surface area contributed by atoms with Crippen LogP contribution < -0.4 is 11.5 Å². The van der Waals surface area contributed by atoms with Gasteiger partial charge in [0.1, 0.15) is 5.69 Å². The van der Waals surface area contributed by atoms with Gasteiger partial charge >= 0.3 is 0 Å². The maximum atomic E-state index is 10.6. The highest BCUT2D eigenvalue weighted by atomic mass is 32.1. The summed E-state index contributed by atoms with van der Waals surface area (Å²) in [6.45, 7) is 1.99. The minimum atomic E-state index is -0.106. The molecule has 0 aliphatic heterocycles. The predicted octanol–water partition coefficient (Wildman–Crippen LogP) is 5.01. The molecular formula is C17H16N4OS2. The summed E-state index contributed by atoms with van der Waals surface area (Å²) < 4.78 is 0. The van der Waals surface area contributed by atoms with E-state index in [2.05, 4.69) is 35.5 Å². The SMILES string of the molecule is Cc1ccc(N=Nc2c(S)cc3cc(S)c(N)c(N)c3c2O)cc1. The first-order valence-corrected chi connectivity index (χ1v) is 8.02. The molecule has 0 atom stereocenters. The van der Waals surface area contributed by atoms with Crippen LogP contribution in [0.15, 0.2) is 56.4 Å². The van der Waals surface area contributed by atoms with Crippen molar-refractivity contribution in [3.8, 4) is 5.75 Å². The molecule has 0 saturated carbocycles. The summed E-state index contributed by atoms with van der Waals surface area (Å²) in [7, 11) is 0. The van der Waals surface area contributed by atoms with E-state index >= 15 is 0 Å². The van der Waals surface area contributed by atoms with E-state index in [9.17, 15) is 5.11 Å². The van der Waals surface area contributed by atoms with Crippen molar-refractivity contribution in [2.45, 2.75) is 16.7 Å². The predicted molar refractivity (Wildman–Crippen MR) is 104 cm³/mol. The second-order valence-electron chi connectivity index (χ2n) is 5.45. The molecule has 0 bridgehead atoms. The molecule has 3 aromatic rings. The Morgan fingerprint density at radius 3 is 2.21 bits per heavy atom. The van der Waals surface area contributed by atoms with Crippen molar-refractivity contribution in [2.24, 2.45) is 10.2 Å². The summed E-state index contributed by atoms with van der Waals surface area (Å²) in [5, 5.41) is 20.0. The van der Waals surface area contributed by atoms with Gasteiger partial charge in [-0.3, -0.25) is 0 Å². The van der Waals surface area contributed by atoms with Gasteiger partial charge in [-0.15, -0.1) is 30.4 Å². The molecule has 0 aliphatic carbocycles. The van der Waals surface area contributed by atoms with E-state index in [-0.39, 0.29) is 17.1 Å². The Morgan fingerprint density at radius 1 is 0.917 bits per heavy atom. The van der Waals surface area contributed by atoms with Crippen LogP contribution >= 0.6 is 25.3 Å². The molecule has 0 heterocycles. The zero-order chi connectivity index (χ0) is 17.4. The third-order valence-corrected chi connectivity index (χ3v) is 4.42. The average Bonchev–Trinajstić information content (AvgIpc) is 2.54. The van der Waals surface area contributed by atoms with Gasteiger partial charge in [-0.2, -0.15) is 5.11 Å². The number of phenols is 1. The molecule has 0 spiro atoms. The van der Waals surface area contributed by atoms with E-state index in [1.807, 2.05) is 31.2 Å². The van der Waals surface area contributed by atoms with Crippen molar-refractivity contribution in [3.05, 3.63) is 42.0 Å². The fraction of sp³-hybridized carbons (Fsp3) is 0.0588. The van der Waals surface area contributed by atoms with Gasteiger partial charge < -0.3 is 16.6 Å². The topological polar surface area (TPSA) is 97.0 Å². The van der Waals surface area contributed by atoms with Crippen molar-refractivity contribution in [2.75, 3.05) is 11.5 Å². The molecule has 0 fully saturated rings. The lowest BCUT2D eigenvalue weighted by molar-refractivity contribution is 0.481. The molecule has 122 valence electrons. The number of anilines is 2. The molecule has 5 N–H and O–H groups in total. The van der Waals surface area contributed by atoms with E-state index in [0.717, 1.165) is 5.56 Å². The fourth-order valence-corrected chi connectivity index (χ4v) is 2.93. The maximum Gasteiger partial charge on any atom is 0.154 e. The molecule has 0 unspecified atom stereocenters. The number of thiol groups is 2. The molecule has 3 aromatic carbocycles. The Bertz CT molecular complexity index is 969. The minimum absolute atomic E-state index is 0.106. The van der Waals surface area contributed by atoms with Crippen LogP contribution in [0, 0.1) is 6.92 Å². The number of nitrogens with zero attached hydrogens (tertiary/aromatic N) is 2. The molecule has 0 amide bonds. The number of hydrogen-bond acceptors (Lipinski definition) is 7. The van der Waals surface area contributed by atoms with Gasteiger partial charge in [0.15, 0.2) is 5.75 Å². The number of azo groups is 1. The Balaban J connectivity index is 2.16. The standard InChI is InChI=1S/C17H16N4OS2/c1-8-2-4-10(5-3-8)20-21-16-12(24)7-9-6-11(23)14(18)15(19)13(9)17(16)22/h2-7,22-24H,18-19H2,1H3. The molecule has 3 rings (SSSR count). The van der Waals surface area contributed by atoms with Crippen molar-refractivity contribution < 1.29 is 5.11 Å². The first-order chi connectivity index (χ1) is 11.4. The number of nitrogens with two attached hydrogens (primary N) is 2. The lowest BCUT2D eigenvalue weighted by atomic mass is 10.1. The van der Waals surface area contributed by atoms with Crippen LogP contribution in [0.2, 0.25) is 0 Å². The molecular weight excluding hydrogens is 340 g/mol. The van der Waals surface area contributed by atoms with Crippen LogP contribution in [-0.2, 0) is 0 Å². The monoisotopic (exact) mass is 356 g/mol. The van der Waals surface area contributed by atoms with Gasteiger partial charge in [0.25, 0.3) is 0 Å². The Kier molecular flexibility index (Phi) is 4.29. The highest BCUT2D eigenvalue weighted by Crippen LogP contribution is 2.45. The second-order valence-corrected chi connectivity index (χ2v) is 6.41. The molecule has 0 aliphatic rings. The van der Waals surface area contributed by atoms with Gasteiger partial charge in [-0.25, -0.2) is 0 Å². The Hall–Kier alpha value is -2.38. The van der Waals surface area contributed by atoms with Crippen LogP contribution in [0.4, 0.5) is 22.7 Å². The van der Waals surface area contributed by atoms with Crippen LogP contribution in [0.5, 0.6) is 5.75 Å². The Labute approximate surface area is 150 Å². The van der Waals surface area contributed by atoms with Crippen LogP contribution in [0.3, 0.4) is 0 Å². The smallest absolute Gasteiger partial charge is 0.154 e. The second kappa shape index (κ2) is 6.26. The summed E-state index contributed by atoms with van der Waals surface area (Å²) in [5.41, 5.74) is 14.5. The first kappa shape index (κ1) is 16.5. The number of nitrogen functional groups attached to an aromatic ring is 2. The third-order valence-electron chi connectivity index (χ3n) is 3.71. The van der Waals surface area contributed by atoms with Crippen molar-refractivity contribution in [1.29, 1.82) is 0 Å². The first-order valence-electron chi connectivity index (χ1n) is 7.12. The van der Waals surface area contributed by atoms with Crippen LogP contribution in [0.1, 0.15) is 5.56 Å². The van der Waals surface area contributed by atoms with Crippen molar-refractivity contribution in [3.63, 3.8) is 0 Å². The van der Waals surface area contributed by atoms with Crippen molar-refractivity contribution in [1.82, 2.24) is 0 Å². The summed E-state index contributed by atoms with van der Waals surface area (Å²) in [4.78, 5) is 1.02. The normalized spacial score (nSPS) is 11.5. The van der Waals surface area contributed by atoms with Gasteiger partial charge in [-0.1, -0.05) is 17.7 Å². The summed E-state index contributed by atoms with van der Waals surface area (Å²) in [6.07, 6.45) is 0. The van der Waals surface area contributed by atoms with Gasteiger partial charge in [0.05, 0.1) is 22.4 Å². The van der Waals surface area contributed by atoms with Gasteiger partial charge in [-0.05, 0) is 36.6 Å². The summed E-state index contributed by atoms with van der Waals surface area (Å²) in [5.74, 6) is -0.106. The van der Waals surface area contributed by atoms with Crippen LogP contribution in [0.25, 0.3) is 10.8 Å². The summed E-state index contributed by atoms with van der Waals surface area (Å²) in [6, 6.07) is 11.0. The van der Waals surface area contributed by atoms with Crippen LogP contribution in [-0.4, -0.2) is 5.11 Å². The zero-order valence-electron chi connectivity index (χ0n) is 12.9. The lowest BCUT2D eigenvalue weighted by Gasteiger charge is -2.12. The van der Waals surface area contributed by atoms with E-state index in [1.54, 1.807) is 12.1 Å². The molecule has 0 radical (unpaired) electrons. The number of aromatic hydroxyl groups is 1.